The predicted molar refractivity (Wildman–Crippen MR) is 102 cm³/mol. The average molecular weight is 348 g/mol. The molecule has 0 aromatic heterocycles. The van der Waals surface area contributed by atoms with Crippen molar-refractivity contribution in [1.29, 1.82) is 0 Å². The van der Waals surface area contributed by atoms with Crippen LogP contribution in [-0.2, 0) is 16.1 Å². The Morgan fingerprint density at radius 2 is 1.62 bits per heavy atom. The molecule has 0 spiro atoms. The number of carbonyl (C=O) groups excluding carboxylic acids is 2. The maximum atomic E-state index is 12.4. The smallest absolute Gasteiger partial charge is 0.408 e. The van der Waals surface area contributed by atoms with Crippen LogP contribution in [0.5, 0.6) is 0 Å². The molecule has 2 amide bonds. The van der Waals surface area contributed by atoms with Gasteiger partial charge in [0.2, 0.25) is 5.91 Å². The summed E-state index contributed by atoms with van der Waals surface area (Å²) in [5.74, 6) is -0.307. The standard InChI is InChI=1S/C21H20N2O3/c1-15(22-21(25)26-14-16-8-3-2-4-9-16)20(24)23-19-13-7-11-17-10-5-6-12-18(17)19/h2-13,15H,14H2,1H3,(H,22,25)(H,23,24). The molecule has 132 valence electrons. The SMILES string of the molecule is CC(NC(=O)OCc1ccccc1)C(=O)Nc1cccc2ccccc12. The van der Waals surface area contributed by atoms with Gasteiger partial charge < -0.3 is 15.4 Å². The molecular formula is C21H20N2O3. The van der Waals surface area contributed by atoms with Gasteiger partial charge in [-0.1, -0.05) is 66.7 Å². The number of rotatable bonds is 5. The molecule has 2 N–H and O–H groups in total. The first-order valence-corrected chi connectivity index (χ1v) is 8.39. The van der Waals surface area contributed by atoms with Crippen molar-refractivity contribution in [2.24, 2.45) is 0 Å². The number of hydrogen-bond acceptors (Lipinski definition) is 3. The minimum atomic E-state index is -0.725. The summed E-state index contributed by atoms with van der Waals surface area (Å²) < 4.78 is 5.14. The number of hydrogen-bond donors (Lipinski definition) is 2. The Labute approximate surface area is 152 Å². The van der Waals surface area contributed by atoms with Gasteiger partial charge >= 0.3 is 6.09 Å². The van der Waals surface area contributed by atoms with Gasteiger partial charge in [0.1, 0.15) is 12.6 Å². The Morgan fingerprint density at radius 1 is 0.923 bits per heavy atom. The van der Waals surface area contributed by atoms with Crippen LogP contribution in [0.15, 0.2) is 72.8 Å². The molecule has 5 heteroatoms. The zero-order valence-corrected chi connectivity index (χ0v) is 14.4. The van der Waals surface area contributed by atoms with Crippen LogP contribution in [0.25, 0.3) is 10.8 Å². The van der Waals surface area contributed by atoms with Crippen molar-refractivity contribution in [1.82, 2.24) is 5.32 Å². The number of nitrogens with one attached hydrogen (secondary N) is 2. The van der Waals surface area contributed by atoms with Gasteiger partial charge in [-0.15, -0.1) is 0 Å². The fourth-order valence-electron chi connectivity index (χ4n) is 2.58. The summed E-state index contributed by atoms with van der Waals surface area (Å²) in [5.41, 5.74) is 1.59. The number of anilines is 1. The first-order valence-electron chi connectivity index (χ1n) is 8.39. The molecule has 0 radical (unpaired) electrons. The topological polar surface area (TPSA) is 67.4 Å². The molecule has 3 aromatic carbocycles. The number of ether oxygens (including phenoxy) is 1. The molecule has 0 bridgehead atoms. The van der Waals surface area contributed by atoms with Gasteiger partial charge in [-0.05, 0) is 23.9 Å². The fourth-order valence-corrected chi connectivity index (χ4v) is 2.58. The van der Waals surface area contributed by atoms with E-state index in [1.807, 2.05) is 72.8 Å². The van der Waals surface area contributed by atoms with E-state index < -0.39 is 12.1 Å². The van der Waals surface area contributed by atoms with Crippen molar-refractivity contribution in [3.05, 3.63) is 78.4 Å². The molecule has 1 atom stereocenters. The van der Waals surface area contributed by atoms with E-state index in [9.17, 15) is 9.59 Å². The van der Waals surface area contributed by atoms with Gasteiger partial charge in [0.15, 0.2) is 0 Å². The Hall–Kier alpha value is -3.34. The van der Waals surface area contributed by atoms with E-state index >= 15 is 0 Å². The first kappa shape index (κ1) is 17.5. The minimum Gasteiger partial charge on any atom is -0.445 e. The van der Waals surface area contributed by atoms with Crippen molar-refractivity contribution in [2.75, 3.05) is 5.32 Å². The third kappa shape index (κ3) is 4.39. The van der Waals surface area contributed by atoms with Crippen LogP contribution in [0.2, 0.25) is 0 Å². The molecule has 0 aliphatic carbocycles. The van der Waals surface area contributed by atoms with Crippen LogP contribution < -0.4 is 10.6 Å². The van der Waals surface area contributed by atoms with E-state index in [0.29, 0.717) is 5.69 Å². The van der Waals surface area contributed by atoms with Crippen molar-refractivity contribution in [2.45, 2.75) is 19.6 Å². The third-order valence-electron chi connectivity index (χ3n) is 3.99. The second-order valence-corrected chi connectivity index (χ2v) is 5.94. The lowest BCUT2D eigenvalue weighted by Crippen LogP contribution is -2.41. The summed E-state index contributed by atoms with van der Waals surface area (Å²) in [6, 6.07) is 22.1. The van der Waals surface area contributed by atoms with Crippen LogP contribution >= 0.6 is 0 Å². The summed E-state index contributed by atoms with van der Waals surface area (Å²) in [7, 11) is 0. The summed E-state index contributed by atoms with van der Waals surface area (Å²) in [6.45, 7) is 1.77. The molecule has 3 rings (SSSR count). The van der Waals surface area contributed by atoms with Crippen molar-refractivity contribution in [3.63, 3.8) is 0 Å². The molecular weight excluding hydrogens is 328 g/mol. The van der Waals surface area contributed by atoms with Crippen molar-refractivity contribution >= 4 is 28.5 Å². The zero-order chi connectivity index (χ0) is 18.4. The molecule has 0 heterocycles. The van der Waals surface area contributed by atoms with E-state index in [1.54, 1.807) is 6.92 Å². The summed E-state index contributed by atoms with van der Waals surface area (Å²) >= 11 is 0. The molecule has 1 unspecified atom stereocenters. The van der Waals surface area contributed by atoms with Crippen LogP contribution in [0, 0.1) is 0 Å². The minimum absolute atomic E-state index is 0.157. The molecule has 3 aromatic rings. The molecule has 5 nitrogen and oxygen atoms in total. The summed E-state index contributed by atoms with van der Waals surface area (Å²) in [4.78, 5) is 24.3. The molecule has 0 saturated heterocycles. The Bertz CT molecular complexity index is 904. The molecule has 0 aliphatic rings. The van der Waals surface area contributed by atoms with E-state index in [0.717, 1.165) is 16.3 Å². The largest absolute Gasteiger partial charge is 0.445 e. The van der Waals surface area contributed by atoms with Crippen LogP contribution in [0.4, 0.5) is 10.5 Å². The predicted octanol–water partition coefficient (Wildman–Crippen LogP) is 4.09. The van der Waals surface area contributed by atoms with Crippen molar-refractivity contribution in [3.8, 4) is 0 Å². The van der Waals surface area contributed by atoms with E-state index in [-0.39, 0.29) is 12.5 Å². The highest BCUT2D eigenvalue weighted by Gasteiger charge is 2.17. The molecule has 0 aliphatic heterocycles. The second kappa shape index (κ2) is 8.16. The maximum Gasteiger partial charge on any atom is 0.408 e. The van der Waals surface area contributed by atoms with E-state index in [2.05, 4.69) is 10.6 Å². The monoisotopic (exact) mass is 348 g/mol. The van der Waals surface area contributed by atoms with Gasteiger partial charge in [-0.25, -0.2) is 4.79 Å². The highest BCUT2D eigenvalue weighted by Crippen LogP contribution is 2.22. The van der Waals surface area contributed by atoms with Crippen LogP contribution in [0.3, 0.4) is 0 Å². The van der Waals surface area contributed by atoms with E-state index in [4.69, 9.17) is 4.74 Å². The highest BCUT2D eigenvalue weighted by molar-refractivity contribution is 6.04. The summed E-state index contributed by atoms with van der Waals surface area (Å²) in [5, 5.41) is 7.38. The normalized spacial score (nSPS) is 11.6. The van der Waals surface area contributed by atoms with Crippen LogP contribution in [-0.4, -0.2) is 18.0 Å². The molecule has 26 heavy (non-hydrogen) atoms. The Morgan fingerprint density at radius 3 is 2.42 bits per heavy atom. The first-order chi connectivity index (χ1) is 12.6. The number of fused-ring (bicyclic) bond motifs is 1. The summed E-state index contributed by atoms with van der Waals surface area (Å²) in [6.07, 6.45) is -0.630. The zero-order valence-electron chi connectivity index (χ0n) is 14.4. The molecule has 0 saturated carbocycles. The van der Waals surface area contributed by atoms with Gasteiger partial charge in [0, 0.05) is 11.1 Å². The number of carbonyl (C=O) groups is 2. The quantitative estimate of drug-likeness (QED) is 0.730. The highest BCUT2D eigenvalue weighted by atomic mass is 16.5. The van der Waals surface area contributed by atoms with E-state index in [1.165, 1.54) is 0 Å². The van der Waals surface area contributed by atoms with Crippen LogP contribution in [0.1, 0.15) is 12.5 Å². The molecule has 0 fully saturated rings. The third-order valence-corrected chi connectivity index (χ3v) is 3.99. The fraction of sp³-hybridized carbons (Fsp3) is 0.143. The van der Waals surface area contributed by atoms with Gasteiger partial charge in [-0.2, -0.15) is 0 Å². The Balaban J connectivity index is 1.56. The lowest BCUT2D eigenvalue weighted by molar-refractivity contribution is -0.117. The van der Waals surface area contributed by atoms with Crippen molar-refractivity contribution < 1.29 is 14.3 Å². The van der Waals surface area contributed by atoms with Gasteiger partial charge in [-0.3, -0.25) is 4.79 Å². The average Bonchev–Trinajstić information content (AvgIpc) is 2.67. The Kier molecular flexibility index (Phi) is 5.49. The second-order valence-electron chi connectivity index (χ2n) is 5.94. The maximum absolute atomic E-state index is 12.4. The van der Waals surface area contributed by atoms with Gasteiger partial charge in [0.05, 0.1) is 0 Å². The lowest BCUT2D eigenvalue weighted by atomic mass is 10.1. The lowest BCUT2D eigenvalue weighted by Gasteiger charge is -2.15. The number of benzene rings is 3. The van der Waals surface area contributed by atoms with Gasteiger partial charge in [0.25, 0.3) is 0 Å². The number of alkyl carbamates (subject to hydrolysis) is 1. The number of amides is 2.